The summed E-state index contributed by atoms with van der Waals surface area (Å²) >= 11 is 0. The molecule has 2 aromatic rings. The van der Waals surface area contributed by atoms with E-state index < -0.39 is 5.97 Å². The number of anilines is 1. The molecule has 0 spiro atoms. The number of aromatic nitrogens is 1. The van der Waals surface area contributed by atoms with E-state index in [1.165, 1.54) is 18.4 Å². The van der Waals surface area contributed by atoms with Crippen LogP contribution in [-0.4, -0.2) is 22.1 Å². The highest BCUT2D eigenvalue weighted by atomic mass is 16.5. The van der Waals surface area contributed by atoms with Gasteiger partial charge in [0, 0.05) is 17.7 Å². The third-order valence-electron chi connectivity index (χ3n) is 2.62. The second-order valence-electron chi connectivity index (χ2n) is 4.08. The first-order valence-corrected chi connectivity index (χ1v) is 5.79. The molecule has 0 atom stereocenters. The van der Waals surface area contributed by atoms with Gasteiger partial charge in [0.05, 0.1) is 0 Å². The Kier molecular flexibility index (Phi) is 3.95. The van der Waals surface area contributed by atoms with E-state index in [4.69, 9.17) is 5.11 Å². The molecule has 1 aromatic heterocycles. The van der Waals surface area contributed by atoms with Gasteiger partial charge in [0.1, 0.15) is 6.26 Å². The van der Waals surface area contributed by atoms with E-state index >= 15 is 0 Å². The number of benzene rings is 1. The lowest BCUT2D eigenvalue weighted by molar-refractivity contribution is -0.131. The van der Waals surface area contributed by atoms with E-state index in [1.54, 1.807) is 25.1 Å². The Morgan fingerprint density at radius 2 is 2.15 bits per heavy atom. The van der Waals surface area contributed by atoms with Crippen molar-refractivity contribution in [3.63, 3.8) is 0 Å². The Bertz CT molecular complexity index is 660. The Morgan fingerprint density at radius 1 is 1.35 bits per heavy atom. The van der Waals surface area contributed by atoms with Crippen LogP contribution < -0.4 is 5.32 Å². The Morgan fingerprint density at radius 3 is 2.75 bits per heavy atom. The van der Waals surface area contributed by atoms with E-state index in [0.29, 0.717) is 11.4 Å². The summed E-state index contributed by atoms with van der Waals surface area (Å²) in [5.41, 5.74) is 2.00. The summed E-state index contributed by atoms with van der Waals surface area (Å²) in [6, 6.07) is 6.52. The molecule has 2 rings (SSSR count). The molecule has 0 aliphatic carbocycles. The van der Waals surface area contributed by atoms with Gasteiger partial charge in [0.25, 0.3) is 5.91 Å². The highest BCUT2D eigenvalue weighted by molar-refractivity contribution is 6.04. The van der Waals surface area contributed by atoms with Gasteiger partial charge < -0.3 is 14.9 Å². The van der Waals surface area contributed by atoms with Gasteiger partial charge in [0.15, 0.2) is 5.82 Å². The SMILES string of the molecule is Cc1cc(C(=O)Nc2ccon2)ccc1/C=C/C(=O)O. The molecule has 2 N–H and O–H groups in total. The number of nitrogens with one attached hydrogen (secondary N) is 1. The van der Waals surface area contributed by atoms with E-state index in [2.05, 4.69) is 15.0 Å². The van der Waals surface area contributed by atoms with Gasteiger partial charge in [-0.25, -0.2) is 4.79 Å². The number of hydrogen-bond donors (Lipinski definition) is 2. The molecule has 0 unspecified atom stereocenters. The van der Waals surface area contributed by atoms with Gasteiger partial charge in [-0.3, -0.25) is 4.79 Å². The largest absolute Gasteiger partial charge is 0.478 e. The van der Waals surface area contributed by atoms with Gasteiger partial charge in [-0.15, -0.1) is 0 Å². The summed E-state index contributed by atoms with van der Waals surface area (Å²) in [6.07, 6.45) is 3.90. The number of aryl methyl sites for hydroxylation is 1. The molecule has 1 heterocycles. The monoisotopic (exact) mass is 272 g/mol. The molecule has 6 heteroatoms. The van der Waals surface area contributed by atoms with Gasteiger partial charge >= 0.3 is 5.97 Å². The molecule has 0 aliphatic rings. The predicted octanol–water partition coefficient (Wildman–Crippen LogP) is 2.33. The predicted molar refractivity (Wildman–Crippen MR) is 72.3 cm³/mol. The van der Waals surface area contributed by atoms with Crippen LogP contribution in [-0.2, 0) is 4.79 Å². The number of aliphatic carboxylic acids is 1. The van der Waals surface area contributed by atoms with Crippen LogP contribution in [0.5, 0.6) is 0 Å². The molecular weight excluding hydrogens is 260 g/mol. The van der Waals surface area contributed by atoms with Crippen LogP contribution >= 0.6 is 0 Å². The molecular formula is C14H12N2O4. The summed E-state index contributed by atoms with van der Waals surface area (Å²) < 4.78 is 4.62. The highest BCUT2D eigenvalue weighted by Crippen LogP contribution is 2.14. The fourth-order valence-electron chi connectivity index (χ4n) is 1.63. The van der Waals surface area contributed by atoms with E-state index in [1.807, 2.05) is 0 Å². The Balaban J connectivity index is 2.16. The van der Waals surface area contributed by atoms with E-state index in [9.17, 15) is 9.59 Å². The van der Waals surface area contributed by atoms with Crippen molar-refractivity contribution >= 4 is 23.8 Å². The first-order valence-electron chi connectivity index (χ1n) is 5.79. The summed E-state index contributed by atoms with van der Waals surface area (Å²) in [7, 11) is 0. The van der Waals surface area contributed by atoms with E-state index in [0.717, 1.165) is 17.2 Å². The van der Waals surface area contributed by atoms with Crippen molar-refractivity contribution in [2.45, 2.75) is 6.92 Å². The minimum atomic E-state index is -1.02. The van der Waals surface area contributed by atoms with E-state index in [-0.39, 0.29) is 5.91 Å². The van der Waals surface area contributed by atoms with Crippen molar-refractivity contribution in [1.82, 2.24) is 5.16 Å². The molecule has 0 saturated carbocycles. The summed E-state index contributed by atoms with van der Waals surface area (Å²) in [4.78, 5) is 22.4. The maximum Gasteiger partial charge on any atom is 0.328 e. The van der Waals surface area contributed by atoms with Crippen LogP contribution in [0.25, 0.3) is 6.08 Å². The standard InChI is InChI=1S/C14H12N2O4/c1-9-8-11(3-2-10(9)4-5-13(17)18)14(19)15-12-6-7-20-16-12/h2-8H,1H3,(H,17,18)(H,15,16,19)/b5-4+. The topological polar surface area (TPSA) is 92.4 Å². The molecule has 0 saturated heterocycles. The van der Waals surface area contributed by atoms with Gasteiger partial charge in [0.2, 0.25) is 0 Å². The van der Waals surface area contributed by atoms with Crippen LogP contribution in [0.3, 0.4) is 0 Å². The number of nitrogens with zero attached hydrogens (tertiary/aromatic N) is 1. The van der Waals surface area contributed by atoms with Crippen molar-refractivity contribution in [3.8, 4) is 0 Å². The fourth-order valence-corrected chi connectivity index (χ4v) is 1.63. The smallest absolute Gasteiger partial charge is 0.328 e. The Labute approximate surface area is 114 Å². The van der Waals surface area contributed by atoms with Crippen molar-refractivity contribution < 1.29 is 19.2 Å². The molecule has 0 bridgehead atoms. The summed E-state index contributed by atoms with van der Waals surface area (Å²) in [5, 5.41) is 14.8. The number of rotatable bonds is 4. The molecule has 0 fully saturated rings. The maximum atomic E-state index is 11.9. The van der Waals surface area contributed by atoms with Crippen molar-refractivity contribution in [1.29, 1.82) is 0 Å². The van der Waals surface area contributed by atoms with Gasteiger partial charge in [-0.1, -0.05) is 11.2 Å². The van der Waals surface area contributed by atoms with Gasteiger partial charge in [-0.05, 0) is 36.3 Å². The van der Waals surface area contributed by atoms with Crippen molar-refractivity contribution in [2.75, 3.05) is 5.32 Å². The lowest BCUT2D eigenvalue weighted by Crippen LogP contribution is -2.12. The van der Waals surface area contributed by atoms with Crippen LogP contribution in [0, 0.1) is 6.92 Å². The highest BCUT2D eigenvalue weighted by Gasteiger charge is 2.08. The zero-order chi connectivity index (χ0) is 14.5. The molecule has 1 amide bonds. The second-order valence-corrected chi connectivity index (χ2v) is 4.08. The van der Waals surface area contributed by atoms with Crippen LogP contribution in [0.2, 0.25) is 0 Å². The maximum absolute atomic E-state index is 11.9. The Hall–Kier alpha value is -2.89. The van der Waals surface area contributed by atoms with Gasteiger partial charge in [-0.2, -0.15) is 0 Å². The second kappa shape index (κ2) is 5.83. The van der Waals surface area contributed by atoms with Crippen LogP contribution in [0.4, 0.5) is 5.82 Å². The fraction of sp³-hybridized carbons (Fsp3) is 0.0714. The number of carboxylic acids is 1. The zero-order valence-corrected chi connectivity index (χ0v) is 10.7. The van der Waals surface area contributed by atoms with Crippen LogP contribution in [0.1, 0.15) is 21.5 Å². The molecule has 0 radical (unpaired) electrons. The minimum Gasteiger partial charge on any atom is -0.478 e. The lowest BCUT2D eigenvalue weighted by Gasteiger charge is -2.05. The average molecular weight is 272 g/mol. The normalized spacial score (nSPS) is 10.7. The van der Waals surface area contributed by atoms with Crippen LogP contribution in [0.15, 0.2) is 41.1 Å². The zero-order valence-electron chi connectivity index (χ0n) is 10.7. The number of amides is 1. The van der Waals surface area contributed by atoms with Crippen molar-refractivity contribution in [2.24, 2.45) is 0 Å². The quantitative estimate of drug-likeness (QED) is 0.833. The lowest BCUT2D eigenvalue weighted by atomic mass is 10.0. The summed E-state index contributed by atoms with van der Waals surface area (Å²) in [6.45, 7) is 1.80. The first-order chi connectivity index (χ1) is 9.56. The molecule has 6 nitrogen and oxygen atoms in total. The molecule has 0 aliphatic heterocycles. The first kappa shape index (κ1) is 13.5. The third-order valence-corrected chi connectivity index (χ3v) is 2.62. The molecule has 102 valence electrons. The molecule has 1 aromatic carbocycles. The number of carboxylic acid groups (broad SMARTS) is 1. The number of carbonyl (C=O) groups excluding carboxylic acids is 1. The average Bonchev–Trinajstić information content (AvgIpc) is 2.89. The third kappa shape index (κ3) is 3.32. The molecule has 20 heavy (non-hydrogen) atoms. The number of carbonyl (C=O) groups is 2. The number of hydrogen-bond acceptors (Lipinski definition) is 4. The minimum absolute atomic E-state index is 0.309. The van der Waals surface area contributed by atoms with Crippen molar-refractivity contribution in [3.05, 3.63) is 53.3 Å². The summed E-state index contributed by atoms with van der Waals surface area (Å²) in [5.74, 6) is -0.990.